The van der Waals surface area contributed by atoms with Crippen molar-refractivity contribution in [2.75, 3.05) is 0 Å². The number of hydrogen-bond donors (Lipinski definition) is 0. The molecule has 0 unspecified atom stereocenters. The summed E-state index contributed by atoms with van der Waals surface area (Å²) >= 11 is 6.52. The van der Waals surface area contributed by atoms with E-state index in [0.717, 1.165) is 5.02 Å². The van der Waals surface area contributed by atoms with E-state index < -0.39 is 0 Å². The van der Waals surface area contributed by atoms with Gasteiger partial charge in [0, 0.05) is 5.02 Å². The van der Waals surface area contributed by atoms with Crippen molar-refractivity contribution in [3.05, 3.63) is 120 Å². The summed E-state index contributed by atoms with van der Waals surface area (Å²) < 4.78 is 0. The van der Waals surface area contributed by atoms with Gasteiger partial charge < -0.3 is 0 Å². The average molecular weight is 415 g/mol. The molecule has 0 nitrogen and oxygen atoms in total. The van der Waals surface area contributed by atoms with Gasteiger partial charge in [-0.1, -0.05) is 109 Å². The maximum atomic E-state index is 6.52. The highest BCUT2D eigenvalue weighted by Crippen LogP contribution is 2.44. The van der Waals surface area contributed by atoms with E-state index in [1.807, 2.05) is 6.07 Å². The molecule has 0 heterocycles. The zero-order chi connectivity index (χ0) is 20.8. The zero-order valence-corrected chi connectivity index (χ0v) is 17.6. The predicted molar refractivity (Wildman–Crippen MR) is 135 cm³/mol. The minimum Gasteiger partial charge on any atom is -0.0843 e. The van der Waals surface area contributed by atoms with Gasteiger partial charge in [0.2, 0.25) is 0 Å². The second-order valence-corrected chi connectivity index (χ2v) is 8.35. The molecule has 0 aliphatic heterocycles. The Kier molecular flexibility index (Phi) is 4.26. The molecule has 0 aromatic heterocycles. The molecule has 0 atom stereocenters. The lowest BCUT2D eigenvalue weighted by molar-refractivity contribution is 1.66. The van der Waals surface area contributed by atoms with Crippen LogP contribution < -0.4 is 0 Å². The van der Waals surface area contributed by atoms with Crippen LogP contribution in [0.5, 0.6) is 0 Å². The van der Waals surface area contributed by atoms with Gasteiger partial charge >= 0.3 is 0 Å². The first-order chi connectivity index (χ1) is 15.3. The number of fused-ring (bicyclic) bond motifs is 3. The molecule has 0 saturated carbocycles. The predicted octanol–water partition coefficient (Wildman–Crippen LogP) is 9.13. The molecule has 1 heteroatoms. The minimum atomic E-state index is 0.754. The van der Waals surface area contributed by atoms with Gasteiger partial charge in [0.05, 0.1) is 0 Å². The second-order valence-electron chi connectivity index (χ2n) is 7.91. The molecule has 0 aliphatic carbocycles. The molecule has 0 bridgehead atoms. The summed E-state index contributed by atoms with van der Waals surface area (Å²) in [5.41, 5.74) is 4.92. The van der Waals surface area contributed by atoms with Crippen molar-refractivity contribution >= 4 is 43.9 Å². The van der Waals surface area contributed by atoms with Crippen LogP contribution in [0.4, 0.5) is 0 Å². The average Bonchev–Trinajstić information content (AvgIpc) is 2.82. The first kappa shape index (κ1) is 18.2. The van der Waals surface area contributed by atoms with E-state index in [9.17, 15) is 0 Å². The monoisotopic (exact) mass is 414 g/mol. The van der Waals surface area contributed by atoms with Crippen LogP contribution in [0.15, 0.2) is 115 Å². The van der Waals surface area contributed by atoms with Crippen LogP contribution in [-0.2, 0) is 0 Å². The standard InChI is InChI=1S/C30H19Cl/c31-24-16-17-27-28(19-24)30(23-15-14-20-8-4-5-11-22(20)18-23)26-13-7-6-12-25(26)29(27)21-9-2-1-3-10-21/h1-19H. The van der Waals surface area contributed by atoms with Crippen LogP contribution in [0.2, 0.25) is 5.02 Å². The SMILES string of the molecule is Clc1ccc2c(-c3ccccc3)c3ccccc3c(-c3ccc4ccccc4c3)c2c1. The molecule has 146 valence electrons. The maximum absolute atomic E-state index is 6.52. The molecule has 0 fully saturated rings. The van der Waals surface area contributed by atoms with Crippen molar-refractivity contribution < 1.29 is 0 Å². The molecular weight excluding hydrogens is 396 g/mol. The Morgan fingerprint density at radius 2 is 1.00 bits per heavy atom. The lowest BCUT2D eigenvalue weighted by atomic mass is 9.85. The first-order valence-corrected chi connectivity index (χ1v) is 10.9. The Morgan fingerprint density at radius 3 is 1.77 bits per heavy atom. The lowest BCUT2D eigenvalue weighted by Crippen LogP contribution is -1.91. The lowest BCUT2D eigenvalue weighted by Gasteiger charge is -2.18. The van der Waals surface area contributed by atoms with Crippen molar-refractivity contribution in [2.45, 2.75) is 0 Å². The van der Waals surface area contributed by atoms with E-state index in [-0.39, 0.29) is 0 Å². The minimum absolute atomic E-state index is 0.754. The zero-order valence-electron chi connectivity index (χ0n) is 16.8. The summed E-state index contributed by atoms with van der Waals surface area (Å²) in [5.74, 6) is 0. The van der Waals surface area contributed by atoms with E-state index in [4.69, 9.17) is 11.6 Å². The van der Waals surface area contributed by atoms with Gasteiger partial charge in [-0.2, -0.15) is 0 Å². The molecule has 0 spiro atoms. The summed E-state index contributed by atoms with van der Waals surface area (Å²) in [7, 11) is 0. The molecule has 6 rings (SSSR count). The van der Waals surface area contributed by atoms with Gasteiger partial charge in [-0.15, -0.1) is 0 Å². The van der Waals surface area contributed by atoms with E-state index in [1.165, 1.54) is 54.6 Å². The molecule has 0 amide bonds. The van der Waals surface area contributed by atoms with Crippen LogP contribution in [0.3, 0.4) is 0 Å². The summed E-state index contributed by atoms with van der Waals surface area (Å²) in [4.78, 5) is 0. The summed E-state index contributed by atoms with van der Waals surface area (Å²) in [6.45, 7) is 0. The van der Waals surface area contributed by atoms with Crippen LogP contribution in [-0.4, -0.2) is 0 Å². The number of rotatable bonds is 2. The van der Waals surface area contributed by atoms with Gasteiger partial charge in [-0.3, -0.25) is 0 Å². The Balaban J connectivity index is 1.80. The van der Waals surface area contributed by atoms with Gasteiger partial charge in [-0.05, 0) is 72.8 Å². The van der Waals surface area contributed by atoms with Gasteiger partial charge in [0.15, 0.2) is 0 Å². The van der Waals surface area contributed by atoms with Crippen LogP contribution in [0, 0.1) is 0 Å². The first-order valence-electron chi connectivity index (χ1n) is 10.5. The van der Waals surface area contributed by atoms with Gasteiger partial charge in [0.25, 0.3) is 0 Å². The fourth-order valence-electron chi connectivity index (χ4n) is 4.72. The molecule has 0 radical (unpaired) electrons. The Hall–Kier alpha value is -3.61. The van der Waals surface area contributed by atoms with Crippen molar-refractivity contribution in [3.63, 3.8) is 0 Å². The quantitative estimate of drug-likeness (QED) is 0.248. The molecule has 0 N–H and O–H groups in total. The van der Waals surface area contributed by atoms with Gasteiger partial charge in [0.1, 0.15) is 0 Å². The summed E-state index contributed by atoms with van der Waals surface area (Å²) in [6.07, 6.45) is 0. The van der Waals surface area contributed by atoms with Crippen molar-refractivity contribution in [1.29, 1.82) is 0 Å². The summed E-state index contributed by atoms with van der Waals surface area (Å²) in [5, 5.41) is 8.14. The molecule has 6 aromatic carbocycles. The third-order valence-electron chi connectivity index (χ3n) is 6.09. The Morgan fingerprint density at radius 1 is 0.387 bits per heavy atom. The van der Waals surface area contributed by atoms with Crippen molar-refractivity contribution in [2.24, 2.45) is 0 Å². The highest BCUT2D eigenvalue weighted by Gasteiger charge is 2.17. The topological polar surface area (TPSA) is 0 Å². The smallest absolute Gasteiger partial charge is 0.0412 e. The number of halogens is 1. The third kappa shape index (κ3) is 3.00. The van der Waals surface area contributed by atoms with Crippen molar-refractivity contribution in [1.82, 2.24) is 0 Å². The molecule has 31 heavy (non-hydrogen) atoms. The maximum Gasteiger partial charge on any atom is 0.0412 e. The fourth-order valence-corrected chi connectivity index (χ4v) is 4.89. The highest BCUT2D eigenvalue weighted by molar-refractivity contribution is 6.32. The van der Waals surface area contributed by atoms with Crippen LogP contribution in [0.1, 0.15) is 0 Å². The van der Waals surface area contributed by atoms with E-state index in [1.54, 1.807) is 0 Å². The van der Waals surface area contributed by atoms with Crippen LogP contribution in [0.25, 0.3) is 54.6 Å². The summed E-state index contributed by atoms with van der Waals surface area (Å²) in [6, 6.07) is 40.9. The normalized spacial score (nSPS) is 11.4. The van der Waals surface area contributed by atoms with E-state index in [2.05, 4.69) is 109 Å². The van der Waals surface area contributed by atoms with E-state index in [0.29, 0.717) is 0 Å². The van der Waals surface area contributed by atoms with E-state index >= 15 is 0 Å². The largest absolute Gasteiger partial charge is 0.0843 e. The van der Waals surface area contributed by atoms with Crippen molar-refractivity contribution in [3.8, 4) is 22.3 Å². The fraction of sp³-hybridized carbons (Fsp3) is 0. The molecule has 6 aromatic rings. The third-order valence-corrected chi connectivity index (χ3v) is 6.32. The number of benzene rings is 6. The highest BCUT2D eigenvalue weighted by atomic mass is 35.5. The molecule has 0 saturated heterocycles. The van der Waals surface area contributed by atoms with Crippen LogP contribution >= 0.6 is 11.6 Å². The molecular formula is C30H19Cl. The van der Waals surface area contributed by atoms with Gasteiger partial charge in [-0.25, -0.2) is 0 Å². The second kappa shape index (κ2) is 7.27. The Bertz CT molecular complexity index is 1580. The molecule has 0 aliphatic rings. The Labute approximate surface area is 186 Å². The number of hydrogen-bond acceptors (Lipinski definition) is 0.